The van der Waals surface area contributed by atoms with Gasteiger partial charge in [-0.1, -0.05) is 0 Å². The van der Waals surface area contributed by atoms with Crippen molar-refractivity contribution in [3.05, 3.63) is 18.0 Å². The van der Waals surface area contributed by atoms with E-state index in [1.54, 1.807) is 6.20 Å². The summed E-state index contributed by atoms with van der Waals surface area (Å²) in [4.78, 5) is 10.2. The van der Waals surface area contributed by atoms with E-state index >= 15 is 0 Å². The average Bonchev–Trinajstić information content (AvgIpc) is 2.65. The quantitative estimate of drug-likeness (QED) is 0.601. The molecule has 0 saturated heterocycles. The van der Waals surface area contributed by atoms with Crippen LogP contribution in [0.15, 0.2) is 12.4 Å². The van der Waals surface area contributed by atoms with Crippen LogP contribution in [-0.4, -0.2) is 35.4 Å². The lowest BCUT2D eigenvalue weighted by atomic mass is 10.4. The van der Waals surface area contributed by atoms with Gasteiger partial charge in [0.05, 0.1) is 18.4 Å². The molecule has 8 heteroatoms. The van der Waals surface area contributed by atoms with Crippen LogP contribution in [0.2, 0.25) is 0 Å². The van der Waals surface area contributed by atoms with Crippen molar-refractivity contribution in [1.82, 2.24) is 14.9 Å². The molecule has 1 aromatic rings. The Morgan fingerprint density at radius 2 is 2.33 bits per heavy atom. The monoisotopic (exact) mass is 233 g/mol. The van der Waals surface area contributed by atoms with Gasteiger partial charge in [-0.3, -0.25) is 9.89 Å². The van der Waals surface area contributed by atoms with Gasteiger partial charge < -0.3 is 5.11 Å². The molecule has 1 rings (SSSR count). The van der Waals surface area contributed by atoms with E-state index in [1.807, 2.05) is 0 Å². The van der Waals surface area contributed by atoms with E-state index in [1.165, 1.54) is 6.20 Å². The number of hydrogen-bond acceptors (Lipinski definition) is 4. The van der Waals surface area contributed by atoms with E-state index in [0.717, 1.165) is 0 Å². The molecule has 0 fully saturated rings. The molecule has 15 heavy (non-hydrogen) atoms. The van der Waals surface area contributed by atoms with Crippen molar-refractivity contribution in [2.24, 2.45) is 0 Å². The molecule has 0 amide bonds. The van der Waals surface area contributed by atoms with Crippen molar-refractivity contribution < 1.29 is 18.3 Å². The van der Waals surface area contributed by atoms with E-state index in [2.05, 4.69) is 14.9 Å². The smallest absolute Gasteiger partial charge is 0.304 e. The lowest BCUT2D eigenvalue weighted by Crippen LogP contribution is -2.26. The molecule has 0 atom stereocenters. The minimum Gasteiger partial charge on any atom is -0.481 e. The Balaban J connectivity index is 2.40. The molecule has 1 heterocycles. The van der Waals surface area contributed by atoms with Gasteiger partial charge in [0.1, 0.15) is 0 Å². The number of carbonyl (C=O) groups is 1. The van der Waals surface area contributed by atoms with Gasteiger partial charge in [-0.2, -0.15) is 5.10 Å². The topological polar surface area (TPSA) is 112 Å². The molecule has 0 radical (unpaired) electrons. The standard InChI is InChI=1S/C7H11N3O4S/c11-7(12)1-2-15(13,14)10-5-6-3-8-9-4-6/h3-4,10H,1-2,5H2,(H,8,9)(H,11,12). The third-order valence-electron chi connectivity index (χ3n) is 1.64. The highest BCUT2D eigenvalue weighted by Gasteiger charge is 2.12. The fourth-order valence-corrected chi connectivity index (χ4v) is 1.84. The normalized spacial score (nSPS) is 11.5. The van der Waals surface area contributed by atoms with Crippen LogP contribution in [0.3, 0.4) is 0 Å². The lowest BCUT2D eigenvalue weighted by Gasteiger charge is -2.03. The highest BCUT2D eigenvalue weighted by molar-refractivity contribution is 7.89. The number of rotatable bonds is 6. The Labute approximate surface area is 86.6 Å². The van der Waals surface area contributed by atoms with Gasteiger partial charge in [0, 0.05) is 18.3 Å². The minimum absolute atomic E-state index is 0.110. The molecule has 0 aromatic carbocycles. The van der Waals surface area contributed by atoms with Gasteiger partial charge in [0.15, 0.2) is 0 Å². The third kappa shape index (κ3) is 4.56. The Morgan fingerprint density at radius 3 is 2.87 bits per heavy atom. The fourth-order valence-electron chi connectivity index (χ4n) is 0.861. The van der Waals surface area contributed by atoms with Gasteiger partial charge in [-0.15, -0.1) is 0 Å². The van der Waals surface area contributed by atoms with Crippen molar-refractivity contribution in [3.8, 4) is 0 Å². The summed E-state index contributed by atoms with van der Waals surface area (Å²) < 4.78 is 24.7. The number of aromatic nitrogens is 2. The molecular formula is C7H11N3O4S. The zero-order valence-electron chi connectivity index (χ0n) is 7.80. The number of aromatic amines is 1. The molecule has 0 unspecified atom stereocenters. The van der Waals surface area contributed by atoms with Crippen molar-refractivity contribution in [2.75, 3.05) is 5.75 Å². The zero-order chi connectivity index (χ0) is 11.3. The second-order valence-corrected chi connectivity index (χ2v) is 4.82. The van der Waals surface area contributed by atoms with Gasteiger partial charge in [0.25, 0.3) is 0 Å². The molecule has 0 aliphatic carbocycles. The van der Waals surface area contributed by atoms with Gasteiger partial charge in [-0.05, 0) is 0 Å². The molecule has 84 valence electrons. The Kier molecular flexibility index (Phi) is 3.81. The number of nitrogens with one attached hydrogen (secondary N) is 2. The fraction of sp³-hybridized carbons (Fsp3) is 0.429. The number of sulfonamides is 1. The van der Waals surface area contributed by atoms with Crippen molar-refractivity contribution in [3.63, 3.8) is 0 Å². The molecule has 0 aliphatic heterocycles. The first-order chi connectivity index (χ1) is 6.99. The lowest BCUT2D eigenvalue weighted by molar-refractivity contribution is -0.136. The maximum atomic E-state index is 11.2. The summed E-state index contributed by atoms with van der Waals surface area (Å²) >= 11 is 0. The zero-order valence-corrected chi connectivity index (χ0v) is 8.62. The van der Waals surface area contributed by atoms with Crippen LogP contribution >= 0.6 is 0 Å². The Hall–Kier alpha value is -1.41. The predicted octanol–water partition coefficient (Wildman–Crippen LogP) is -0.696. The first kappa shape index (κ1) is 11.7. The first-order valence-corrected chi connectivity index (χ1v) is 5.81. The number of nitrogens with zero attached hydrogens (tertiary/aromatic N) is 1. The molecule has 1 aromatic heterocycles. The van der Waals surface area contributed by atoms with Crippen LogP contribution in [0.1, 0.15) is 12.0 Å². The van der Waals surface area contributed by atoms with E-state index in [-0.39, 0.29) is 6.54 Å². The molecule has 7 nitrogen and oxygen atoms in total. The molecule has 0 saturated carbocycles. The van der Waals surface area contributed by atoms with Crippen LogP contribution in [0.25, 0.3) is 0 Å². The minimum atomic E-state index is -3.53. The summed E-state index contributed by atoms with van der Waals surface area (Å²) in [5.41, 5.74) is 0.689. The van der Waals surface area contributed by atoms with Gasteiger partial charge >= 0.3 is 5.97 Å². The summed E-state index contributed by atoms with van der Waals surface area (Å²) in [5, 5.41) is 14.5. The summed E-state index contributed by atoms with van der Waals surface area (Å²) in [5.74, 6) is -1.55. The average molecular weight is 233 g/mol. The van der Waals surface area contributed by atoms with Gasteiger partial charge in [-0.25, -0.2) is 13.1 Å². The number of carboxylic acids is 1. The maximum absolute atomic E-state index is 11.2. The molecular weight excluding hydrogens is 222 g/mol. The van der Waals surface area contributed by atoms with Crippen molar-refractivity contribution in [2.45, 2.75) is 13.0 Å². The second-order valence-electron chi connectivity index (χ2n) is 2.89. The molecule has 0 aliphatic rings. The predicted molar refractivity (Wildman–Crippen MR) is 51.5 cm³/mol. The number of H-pyrrole nitrogens is 1. The van der Waals surface area contributed by atoms with Crippen LogP contribution in [0.4, 0.5) is 0 Å². The largest absolute Gasteiger partial charge is 0.481 e. The highest BCUT2D eigenvalue weighted by Crippen LogP contribution is 1.96. The molecule has 3 N–H and O–H groups in total. The number of hydrogen-bond donors (Lipinski definition) is 3. The SMILES string of the molecule is O=C(O)CCS(=O)(=O)NCc1cn[nH]c1. The first-order valence-electron chi connectivity index (χ1n) is 4.16. The Morgan fingerprint density at radius 1 is 1.60 bits per heavy atom. The maximum Gasteiger partial charge on any atom is 0.304 e. The summed E-state index contributed by atoms with van der Waals surface area (Å²) in [6.07, 6.45) is 2.64. The second kappa shape index (κ2) is 4.89. The number of aliphatic carboxylic acids is 1. The van der Waals surface area contributed by atoms with E-state index in [0.29, 0.717) is 5.56 Å². The third-order valence-corrected chi connectivity index (χ3v) is 2.96. The van der Waals surface area contributed by atoms with Gasteiger partial charge in [0.2, 0.25) is 10.0 Å². The van der Waals surface area contributed by atoms with E-state index in [4.69, 9.17) is 5.11 Å². The van der Waals surface area contributed by atoms with Crippen LogP contribution in [0.5, 0.6) is 0 Å². The van der Waals surface area contributed by atoms with Crippen molar-refractivity contribution in [1.29, 1.82) is 0 Å². The highest BCUT2D eigenvalue weighted by atomic mass is 32.2. The molecule has 0 spiro atoms. The van der Waals surface area contributed by atoms with Crippen LogP contribution in [-0.2, 0) is 21.4 Å². The van der Waals surface area contributed by atoms with Crippen LogP contribution < -0.4 is 4.72 Å². The summed E-state index contributed by atoms with van der Waals surface area (Å²) in [6, 6.07) is 0. The van der Waals surface area contributed by atoms with Crippen molar-refractivity contribution >= 4 is 16.0 Å². The van der Waals surface area contributed by atoms with Crippen LogP contribution in [0, 0.1) is 0 Å². The molecule has 0 bridgehead atoms. The number of carboxylic acid groups (broad SMARTS) is 1. The van der Waals surface area contributed by atoms with E-state index in [9.17, 15) is 13.2 Å². The summed E-state index contributed by atoms with van der Waals surface area (Å²) in [7, 11) is -3.53. The Bertz CT molecular complexity index is 411. The summed E-state index contributed by atoms with van der Waals surface area (Å²) in [6.45, 7) is 0.110. The van der Waals surface area contributed by atoms with E-state index < -0.39 is 28.2 Å².